The topological polar surface area (TPSA) is 69.9 Å². The highest BCUT2D eigenvalue weighted by atomic mass is 32.1. The minimum Gasteiger partial charge on any atom is -0.494 e. The molecule has 0 saturated heterocycles. The van der Waals surface area contributed by atoms with E-state index in [0.29, 0.717) is 33.1 Å². The van der Waals surface area contributed by atoms with Crippen molar-refractivity contribution in [2.75, 3.05) is 13.7 Å². The fourth-order valence-electron chi connectivity index (χ4n) is 4.05. The molecule has 3 aromatic rings. The second-order valence-corrected chi connectivity index (χ2v) is 9.41. The molecule has 7 heteroatoms. The van der Waals surface area contributed by atoms with Crippen LogP contribution in [0.1, 0.15) is 56.3 Å². The summed E-state index contributed by atoms with van der Waals surface area (Å²) in [5, 5.41) is 0. The van der Waals surface area contributed by atoms with Crippen LogP contribution in [0.5, 0.6) is 5.75 Å². The van der Waals surface area contributed by atoms with Crippen molar-refractivity contribution >= 4 is 23.4 Å². The van der Waals surface area contributed by atoms with E-state index in [1.165, 1.54) is 24.0 Å². The van der Waals surface area contributed by atoms with Gasteiger partial charge in [0.05, 0.1) is 35.6 Å². The molecule has 0 spiro atoms. The Morgan fingerprint density at radius 3 is 2.41 bits per heavy atom. The van der Waals surface area contributed by atoms with Crippen LogP contribution in [0.15, 0.2) is 69.6 Å². The maximum atomic E-state index is 13.6. The van der Waals surface area contributed by atoms with Gasteiger partial charge in [-0.2, -0.15) is 0 Å². The van der Waals surface area contributed by atoms with Crippen LogP contribution in [-0.4, -0.2) is 24.3 Å². The van der Waals surface area contributed by atoms with Crippen molar-refractivity contribution in [2.24, 2.45) is 4.99 Å². The second kappa shape index (κ2) is 9.81. The molecule has 1 atom stereocenters. The Morgan fingerprint density at radius 2 is 1.82 bits per heavy atom. The molecule has 1 unspecified atom stereocenters. The van der Waals surface area contributed by atoms with Crippen LogP contribution in [0, 0.1) is 0 Å². The van der Waals surface area contributed by atoms with E-state index in [2.05, 4.69) is 18.8 Å². The van der Waals surface area contributed by atoms with Gasteiger partial charge in [0.1, 0.15) is 5.75 Å². The first kappa shape index (κ1) is 23.7. The van der Waals surface area contributed by atoms with Crippen LogP contribution in [0.25, 0.3) is 6.08 Å². The van der Waals surface area contributed by atoms with Gasteiger partial charge in [0.15, 0.2) is 4.80 Å². The molecule has 1 aromatic heterocycles. The van der Waals surface area contributed by atoms with Crippen LogP contribution >= 0.6 is 11.3 Å². The van der Waals surface area contributed by atoms with Crippen molar-refractivity contribution in [3.05, 3.63) is 96.2 Å². The molecule has 0 fully saturated rings. The summed E-state index contributed by atoms with van der Waals surface area (Å²) in [7, 11) is 1.35. The van der Waals surface area contributed by atoms with E-state index in [1.54, 1.807) is 11.5 Å². The van der Waals surface area contributed by atoms with Gasteiger partial charge >= 0.3 is 5.97 Å². The van der Waals surface area contributed by atoms with Gasteiger partial charge in [-0.1, -0.05) is 61.6 Å². The summed E-state index contributed by atoms with van der Waals surface area (Å²) in [6.07, 6.45) is 1.84. The summed E-state index contributed by atoms with van der Waals surface area (Å²) in [4.78, 5) is 31.5. The van der Waals surface area contributed by atoms with Crippen molar-refractivity contribution in [3.63, 3.8) is 0 Å². The molecule has 2 aromatic carbocycles. The highest BCUT2D eigenvalue weighted by molar-refractivity contribution is 7.07. The van der Waals surface area contributed by atoms with Gasteiger partial charge in [0, 0.05) is 0 Å². The monoisotopic (exact) mass is 476 g/mol. The molecule has 2 heterocycles. The van der Waals surface area contributed by atoms with Crippen molar-refractivity contribution in [1.82, 2.24) is 4.57 Å². The van der Waals surface area contributed by atoms with E-state index >= 15 is 0 Å². The molecule has 1 aliphatic heterocycles. The maximum absolute atomic E-state index is 13.6. The summed E-state index contributed by atoms with van der Waals surface area (Å²) in [6.45, 7) is 8.57. The zero-order chi connectivity index (χ0) is 24.4. The van der Waals surface area contributed by atoms with Crippen molar-refractivity contribution < 1.29 is 14.3 Å². The van der Waals surface area contributed by atoms with Crippen LogP contribution in [0.4, 0.5) is 0 Å². The summed E-state index contributed by atoms with van der Waals surface area (Å²) in [6, 6.07) is 15.0. The van der Waals surface area contributed by atoms with E-state index in [-0.39, 0.29) is 5.56 Å². The molecule has 34 heavy (non-hydrogen) atoms. The molecule has 0 amide bonds. The number of hydrogen-bond acceptors (Lipinski definition) is 6. The summed E-state index contributed by atoms with van der Waals surface area (Å²) in [5.41, 5.74) is 3.65. The lowest BCUT2D eigenvalue weighted by Gasteiger charge is -2.24. The fourth-order valence-corrected chi connectivity index (χ4v) is 5.10. The zero-order valence-electron chi connectivity index (χ0n) is 20.0. The Morgan fingerprint density at radius 1 is 1.15 bits per heavy atom. The van der Waals surface area contributed by atoms with Crippen LogP contribution in [0.2, 0.25) is 0 Å². The number of esters is 1. The number of allylic oxidation sites excluding steroid dienone is 1. The van der Waals surface area contributed by atoms with Crippen LogP contribution in [-0.2, 0) is 9.53 Å². The van der Waals surface area contributed by atoms with E-state index in [4.69, 9.17) is 9.47 Å². The summed E-state index contributed by atoms with van der Waals surface area (Å²) in [5.74, 6) is 0.673. The molecule has 1 aliphatic rings. The van der Waals surface area contributed by atoms with Gasteiger partial charge in [-0.3, -0.25) is 9.36 Å². The number of fused-ring (bicyclic) bond motifs is 1. The smallest absolute Gasteiger partial charge is 0.338 e. The third kappa shape index (κ3) is 4.48. The SMILES string of the molecule is CCOc1ccc(/C=c2\sc3n(c2=O)C(c2ccc(C(C)C)cc2)C(C(=O)OC)=C(C)N=3)cc1. The number of methoxy groups -OCH3 is 1. The number of nitrogens with zero attached hydrogens (tertiary/aromatic N) is 2. The minimum absolute atomic E-state index is 0.190. The van der Waals surface area contributed by atoms with Crippen molar-refractivity contribution in [3.8, 4) is 5.75 Å². The molecule has 0 bridgehead atoms. The predicted octanol–water partition coefficient (Wildman–Crippen LogP) is 3.93. The van der Waals surface area contributed by atoms with Crippen LogP contribution < -0.4 is 19.6 Å². The Bertz CT molecular complexity index is 1410. The molecular formula is C27H28N2O4S. The lowest BCUT2D eigenvalue weighted by atomic mass is 9.93. The number of benzene rings is 2. The second-order valence-electron chi connectivity index (χ2n) is 8.40. The lowest BCUT2D eigenvalue weighted by molar-refractivity contribution is -0.136. The quantitative estimate of drug-likeness (QED) is 0.506. The Hall–Kier alpha value is -3.45. The van der Waals surface area contributed by atoms with E-state index in [0.717, 1.165) is 16.9 Å². The molecule has 176 valence electrons. The van der Waals surface area contributed by atoms with E-state index < -0.39 is 12.0 Å². The number of hydrogen-bond donors (Lipinski definition) is 0. The minimum atomic E-state index is -0.604. The number of aromatic nitrogens is 1. The first-order valence-corrected chi connectivity index (χ1v) is 12.1. The van der Waals surface area contributed by atoms with Gasteiger partial charge in [0.2, 0.25) is 0 Å². The first-order chi connectivity index (χ1) is 16.3. The normalized spacial score (nSPS) is 15.8. The molecule has 4 rings (SSSR count). The number of carbonyl (C=O) groups is 1. The average molecular weight is 477 g/mol. The van der Waals surface area contributed by atoms with Crippen molar-refractivity contribution in [2.45, 2.75) is 39.7 Å². The molecule has 0 N–H and O–H groups in total. The third-order valence-electron chi connectivity index (χ3n) is 5.83. The van der Waals surface area contributed by atoms with Gasteiger partial charge in [-0.15, -0.1) is 0 Å². The predicted molar refractivity (Wildman–Crippen MR) is 134 cm³/mol. The summed E-state index contributed by atoms with van der Waals surface area (Å²) >= 11 is 1.31. The van der Waals surface area contributed by atoms with E-state index in [9.17, 15) is 9.59 Å². The Labute approximate surface area is 202 Å². The molecular weight excluding hydrogens is 448 g/mol. The number of carbonyl (C=O) groups excluding carboxylic acids is 1. The zero-order valence-corrected chi connectivity index (χ0v) is 20.8. The van der Waals surface area contributed by atoms with E-state index in [1.807, 2.05) is 61.5 Å². The molecule has 6 nitrogen and oxygen atoms in total. The Kier molecular flexibility index (Phi) is 6.84. The molecule has 0 radical (unpaired) electrons. The number of thiazole rings is 1. The molecule has 0 saturated carbocycles. The van der Waals surface area contributed by atoms with Crippen molar-refractivity contribution in [1.29, 1.82) is 0 Å². The lowest BCUT2D eigenvalue weighted by Crippen LogP contribution is -2.39. The third-order valence-corrected chi connectivity index (χ3v) is 6.82. The highest BCUT2D eigenvalue weighted by Gasteiger charge is 2.33. The summed E-state index contributed by atoms with van der Waals surface area (Å²) < 4.78 is 12.7. The number of ether oxygens (including phenoxy) is 2. The van der Waals surface area contributed by atoms with Gasteiger partial charge < -0.3 is 9.47 Å². The maximum Gasteiger partial charge on any atom is 0.338 e. The van der Waals surface area contributed by atoms with Crippen LogP contribution in [0.3, 0.4) is 0 Å². The first-order valence-electron chi connectivity index (χ1n) is 11.3. The highest BCUT2D eigenvalue weighted by Crippen LogP contribution is 2.31. The largest absolute Gasteiger partial charge is 0.494 e. The van der Waals surface area contributed by atoms with Gasteiger partial charge in [-0.05, 0) is 54.7 Å². The standard InChI is InChI=1S/C27H28N2O4S/c1-6-33-21-13-7-18(8-14-21)15-22-25(30)29-24(20-11-9-19(10-12-20)16(2)3)23(26(31)32-5)17(4)28-27(29)34-22/h7-16,24H,6H2,1-5H3/b22-15-. The van der Waals surface area contributed by atoms with Gasteiger partial charge in [0.25, 0.3) is 5.56 Å². The fraction of sp³-hybridized carbons (Fsp3) is 0.296. The average Bonchev–Trinajstić information content (AvgIpc) is 3.13. The molecule has 0 aliphatic carbocycles. The Balaban J connectivity index is 1.87. The number of rotatable bonds is 6. The van der Waals surface area contributed by atoms with Gasteiger partial charge in [-0.25, -0.2) is 9.79 Å².